The number of carbonyl (C=O) groups is 2. The Morgan fingerprint density at radius 3 is 2.69 bits per heavy atom. The van der Waals surface area contributed by atoms with Crippen molar-refractivity contribution in [2.24, 2.45) is 11.7 Å². The number of hydrogen-bond acceptors (Lipinski definition) is 4. The molecule has 0 spiro atoms. The van der Waals surface area contributed by atoms with Gasteiger partial charge in [0, 0.05) is 30.7 Å². The Bertz CT molecular complexity index is 697. The summed E-state index contributed by atoms with van der Waals surface area (Å²) in [7, 11) is 0. The number of nitrogens with two attached hydrogens (primary N) is 1. The molecule has 6 heteroatoms. The highest BCUT2D eigenvalue weighted by Gasteiger charge is 2.60. The average molecular weight is 358 g/mol. The zero-order valence-electron chi connectivity index (χ0n) is 14.9. The molecule has 140 valence electrons. The van der Waals surface area contributed by atoms with Gasteiger partial charge in [-0.3, -0.25) is 4.79 Å². The molecule has 1 heterocycles. The Morgan fingerprint density at radius 2 is 2.00 bits per heavy atom. The number of primary amides is 1. The number of carbonyl (C=O) groups excluding carboxylic acids is 2. The van der Waals surface area contributed by atoms with Gasteiger partial charge in [0.1, 0.15) is 5.60 Å². The molecular formula is C20H26N2O4. The second kappa shape index (κ2) is 6.91. The highest BCUT2D eigenvalue weighted by Crippen LogP contribution is 2.60. The molecule has 3 aliphatic rings. The number of rotatable bonds is 6. The Balaban J connectivity index is 1.45. The third-order valence-corrected chi connectivity index (χ3v) is 5.77. The molecule has 26 heavy (non-hydrogen) atoms. The summed E-state index contributed by atoms with van der Waals surface area (Å²) in [5, 5.41) is 3.09. The topological polar surface area (TPSA) is 90.7 Å². The normalized spacial score (nSPS) is 28.4. The van der Waals surface area contributed by atoms with E-state index in [1.165, 1.54) is 12.8 Å². The zero-order valence-corrected chi connectivity index (χ0v) is 14.9. The van der Waals surface area contributed by atoms with E-state index in [4.69, 9.17) is 15.2 Å². The lowest BCUT2D eigenvalue weighted by Gasteiger charge is -2.23. The van der Waals surface area contributed by atoms with Gasteiger partial charge in [0.15, 0.2) is 0 Å². The second-order valence-corrected chi connectivity index (χ2v) is 7.88. The van der Waals surface area contributed by atoms with Gasteiger partial charge in [-0.15, -0.1) is 0 Å². The van der Waals surface area contributed by atoms with E-state index in [9.17, 15) is 9.59 Å². The summed E-state index contributed by atoms with van der Waals surface area (Å²) in [5.41, 5.74) is 6.53. The molecule has 0 aromatic heterocycles. The minimum Gasteiger partial charge on any atom is -0.442 e. The third-order valence-electron chi connectivity index (χ3n) is 5.77. The fourth-order valence-electron chi connectivity index (χ4n) is 4.11. The summed E-state index contributed by atoms with van der Waals surface area (Å²) in [5.74, 6) is 0.716. The Morgan fingerprint density at radius 1 is 1.23 bits per heavy atom. The van der Waals surface area contributed by atoms with E-state index >= 15 is 0 Å². The van der Waals surface area contributed by atoms with Gasteiger partial charge in [-0.25, -0.2) is 4.79 Å². The number of amides is 2. The van der Waals surface area contributed by atoms with Crippen LogP contribution in [0.25, 0.3) is 0 Å². The smallest absolute Gasteiger partial charge is 0.405 e. The van der Waals surface area contributed by atoms with Crippen LogP contribution in [0.3, 0.4) is 0 Å². The van der Waals surface area contributed by atoms with Crippen LogP contribution >= 0.6 is 0 Å². The van der Waals surface area contributed by atoms with Gasteiger partial charge in [-0.1, -0.05) is 25.0 Å². The van der Waals surface area contributed by atoms with Crippen LogP contribution in [0.1, 0.15) is 60.4 Å². The molecule has 3 N–H and O–H groups in total. The van der Waals surface area contributed by atoms with Crippen molar-refractivity contribution in [2.45, 2.75) is 56.1 Å². The first kappa shape index (κ1) is 17.3. The van der Waals surface area contributed by atoms with Crippen LogP contribution in [0, 0.1) is 5.92 Å². The van der Waals surface area contributed by atoms with E-state index in [2.05, 4.69) is 5.32 Å². The molecular weight excluding hydrogens is 332 g/mol. The van der Waals surface area contributed by atoms with E-state index in [1.54, 1.807) is 0 Å². The number of ether oxygens (including phenoxy) is 2. The Labute approximate surface area is 153 Å². The van der Waals surface area contributed by atoms with Crippen molar-refractivity contribution in [2.75, 3.05) is 13.2 Å². The monoisotopic (exact) mass is 358 g/mol. The second-order valence-electron chi connectivity index (χ2n) is 7.88. The molecule has 0 unspecified atom stereocenters. The van der Waals surface area contributed by atoms with Gasteiger partial charge in [0.05, 0.1) is 0 Å². The van der Waals surface area contributed by atoms with Crippen LogP contribution in [0.5, 0.6) is 0 Å². The van der Waals surface area contributed by atoms with Crippen LogP contribution in [0.15, 0.2) is 24.3 Å². The minimum atomic E-state index is -0.707. The van der Waals surface area contributed by atoms with Crippen molar-refractivity contribution in [3.05, 3.63) is 35.4 Å². The summed E-state index contributed by atoms with van der Waals surface area (Å²) in [6, 6.07) is 7.84. The number of nitrogens with one attached hydrogen (secondary N) is 1. The van der Waals surface area contributed by atoms with Crippen molar-refractivity contribution >= 4 is 12.0 Å². The van der Waals surface area contributed by atoms with E-state index in [1.807, 2.05) is 24.3 Å². The molecule has 2 amide bonds. The molecule has 2 atom stereocenters. The van der Waals surface area contributed by atoms with E-state index in [0.717, 1.165) is 31.2 Å². The lowest BCUT2D eigenvalue weighted by atomic mass is 10.0. The fraction of sp³-hybridized carbons (Fsp3) is 0.600. The maximum atomic E-state index is 12.6. The van der Waals surface area contributed by atoms with Crippen molar-refractivity contribution in [1.29, 1.82) is 0 Å². The van der Waals surface area contributed by atoms with Gasteiger partial charge in [-0.2, -0.15) is 0 Å². The predicted molar refractivity (Wildman–Crippen MR) is 95.8 cm³/mol. The van der Waals surface area contributed by atoms with E-state index in [-0.39, 0.29) is 17.9 Å². The van der Waals surface area contributed by atoms with E-state index in [0.29, 0.717) is 24.7 Å². The van der Waals surface area contributed by atoms with Crippen LogP contribution in [-0.4, -0.2) is 36.9 Å². The zero-order chi connectivity index (χ0) is 18.1. The van der Waals surface area contributed by atoms with Gasteiger partial charge >= 0.3 is 6.09 Å². The molecule has 6 nitrogen and oxygen atoms in total. The highest BCUT2D eigenvalue weighted by molar-refractivity contribution is 5.94. The van der Waals surface area contributed by atoms with Crippen molar-refractivity contribution in [3.8, 4) is 0 Å². The molecule has 4 rings (SSSR count). The molecule has 1 aromatic carbocycles. The van der Waals surface area contributed by atoms with Crippen LogP contribution in [0.2, 0.25) is 0 Å². The molecule has 1 aliphatic heterocycles. The van der Waals surface area contributed by atoms with Crippen LogP contribution in [0.4, 0.5) is 4.79 Å². The molecule has 2 saturated carbocycles. The Kier molecular flexibility index (Phi) is 4.61. The van der Waals surface area contributed by atoms with Crippen LogP contribution in [-0.2, 0) is 9.47 Å². The van der Waals surface area contributed by atoms with Crippen molar-refractivity contribution < 1.29 is 19.1 Å². The summed E-state index contributed by atoms with van der Waals surface area (Å²) >= 11 is 0. The molecule has 1 saturated heterocycles. The van der Waals surface area contributed by atoms with Crippen molar-refractivity contribution in [1.82, 2.24) is 5.32 Å². The SMILES string of the molecule is NC(=O)O[C@]1(CC2CC2)C[C@H]1c1cccc(C(=O)NC2CCOCC2)c1. The number of benzene rings is 1. The fourth-order valence-corrected chi connectivity index (χ4v) is 4.11. The van der Waals surface area contributed by atoms with E-state index < -0.39 is 11.7 Å². The summed E-state index contributed by atoms with van der Waals surface area (Å²) in [6.45, 7) is 1.39. The van der Waals surface area contributed by atoms with Gasteiger partial charge in [0.25, 0.3) is 5.91 Å². The maximum Gasteiger partial charge on any atom is 0.405 e. The summed E-state index contributed by atoms with van der Waals surface area (Å²) in [6.07, 6.45) is 5.06. The first-order valence-corrected chi connectivity index (χ1v) is 9.53. The molecule has 1 aromatic rings. The van der Waals surface area contributed by atoms with Gasteiger partial charge in [-0.05, 0) is 49.3 Å². The standard InChI is InChI=1S/C20H26N2O4/c21-19(24)26-20(11-13-4-5-13)12-17(20)14-2-1-3-15(10-14)18(23)22-16-6-8-25-9-7-16/h1-3,10,13,16-17H,4-9,11-12H2,(H2,21,24)(H,22,23)/t17-,20+/m0/s1. The Hall–Kier alpha value is -2.08. The lowest BCUT2D eigenvalue weighted by Crippen LogP contribution is -2.38. The third kappa shape index (κ3) is 3.85. The molecule has 2 aliphatic carbocycles. The largest absolute Gasteiger partial charge is 0.442 e. The molecule has 0 bridgehead atoms. The quantitative estimate of drug-likeness (QED) is 0.818. The minimum absolute atomic E-state index is 0.0528. The molecule has 0 radical (unpaired) electrons. The number of hydrogen-bond donors (Lipinski definition) is 2. The van der Waals surface area contributed by atoms with Crippen LogP contribution < -0.4 is 11.1 Å². The van der Waals surface area contributed by atoms with Gasteiger partial charge < -0.3 is 20.5 Å². The van der Waals surface area contributed by atoms with Gasteiger partial charge in [0.2, 0.25) is 0 Å². The van der Waals surface area contributed by atoms with Crippen molar-refractivity contribution in [3.63, 3.8) is 0 Å². The average Bonchev–Trinajstić information content (AvgIpc) is 3.54. The highest BCUT2D eigenvalue weighted by atomic mass is 16.6. The predicted octanol–water partition coefficient (Wildman–Crippen LogP) is 2.72. The molecule has 3 fully saturated rings. The first-order valence-electron chi connectivity index (χ1n) is 9.53. The first-order chi connectivity index (χ1) is 12.6. The summed E-state index contributed by atoms with van der Waals surface area (Å²) in [4.78, 5) is 23.9. The lowest BCUT2D eigenvalue weighted by molar-refractivity contribution is 0.0694. The summed E-state index contributed by atoms with van der Waals surface area (Å²) < 4.78 is 10.8. The maximum absolute atomic E-state index is 12.6.